The minimum Gasteiger partial charge on any atom is -0.324 e. The molecule has 1 fully saturated rings. The van der Waals surface area contributed by atoms with E-state index in [2.05, 4.69) is 15.5 Å². The van der Waals surface area contributed by atoms with Crippen LogP contribution < -0.4 is 10.6 Å². The van der Waals surface area contributed by atoms with E-state index in [9.17, 15) is 4.79 Å². The summed E-state index contributed by atoms with van der Waals surface area (Å²) < 4.78 is 0. The third-order valence-electron chi connectivity index (χ3n) is 3.24. The minimum absolute atomic E-state index is 0.0674. The van der Waals surface area contributed by atoms with Gasteiger partial charge in [0, 0.05) is 31.6 Å². The SMILES string of the molecule is CC(C)(C(=O)Nc1ccsc1)N1CCNCC1. The van der Waals surface area contributed by atoms with Gasteiger partial charge in [-0.2, -0.15) is 11.3 Å². The Balaban J connectivity index is 2.00. The van der Waals surface area contributed by atoms with E-state index in [0.29, 0.717) is 0 Å². The van der Waals surface area contributed by atoms with Crippen LogP contribution in [0.3, 0.4) is 0 Å². The Hall–Kier alpha value is -0.910. The van der Waals surface area contributed by atoms with Crippen LogP contribution in [0.1, 0.15) is 13.8 Å². The van der Waals surface area contributed by atoms with Crippen molar-refractivity contribution < 1.29 is 4.79 Å². The fourth-order valence-electron chi connectivity index (χ4n) is 1.99. The van der Waals surface area contributed by atoms with Gasteiger partial charge in [0.1, 0.15) is 0 Å². The average molecular weight is 253 g/mol. The number of thiophene rings is 1. The number of hydrogen-bond acceptors (Lipinski definition) is 4. The van der Waals surface area contributed by atoms with Gasteiger partial charge in [-0.25, -0.2) is 0 Å². The summed E-state index contributed by atoms with van der Waals surface area (Å²) in [5.74, 6) is 0.0674. The second kappa shape index (κ2) is 5.16. The quantitative estimate of drug-likeness (QED) is 0.855. The standard InChI is InChI=1S/C12H19N3OS/c1-12(2,15-6-4-13-5-7-15)11(16)14-10-3-8-17-9-10/h3,8-9,13H,4-7H2,1-2H3,(H,14,16). The van der Waals surface area contributed by atoms with Crippen LogP contribution >= 0.6 is 11.3 Å². The molecule has 4 nitrogen and oxygen atoms in total. The first-order chi connectivity index (χ1) is 8.10. The van der Waals surface area contributed by atoms with Crippen LogP contribution in [0.4, 0.5) is 5.69 Å². The first-order valence-corrected chi connectivity index (χ1v) is 6.84. The van der Waals surface area contributed by atoms with E-state index in [0.717, 1.165) is 31.9 Å². The second-order valence-electron chi connectivity index (χ2n) is 4.76. The molecule has 0 bridgehead atoms. The second-order valence-corrected chi connectivity index (χ2v) is 5.54. The molecule has 1 aromatic rings. The summed E-state index contributed by atoms with van der Waals surface area (Å²) in [7, 11) is 0. The van der Waals surface area contributed by atoms with Gasteiger partial charge in [0.05, 0.1) is 11.2 Å². The first kappa shape index (κ1) is 12.5. The van der Waals surface area contributed by atoms with Crippen molar-refractivity contribution in [2.75, 3.05) is 31.5 Å². The maximum absolute atomic E-state index is 12.3. The highest BCUT2D eigenvalue weighted by Gasteiger charge is 2.35. The third-order valence-corrected chi connectivity index (χ3v) is 3.93. The number of carbonyl (C=O) groups is 1. The van der Waals surface area contributed by atoms with Crippen molar-refractivity contribution in [3.8, 4) is 0 Å². The summed E-state index contributed by atoms with van der Waals surface area (Å²) in [4.78, 5) is 14.5. The highest BCUT2D eigenvalue weighted by molar-refractivity contribution is 7.08. The molecule has 1 amide bonds. The molecule has 2 N–H and O–H groups in total. The lowest BCUT2D eigenvalue weighted by molar-refractivity contribution is -0.126. The molecule has 1 saturated heterocycles. The van der Waals surface area contributed by atoms with Crippen LogP contribution in [0.15, 0.2) is 16.8 Å². The number of hydrogen-bond donors (Lipinski definition) is 2. The summed E-state index contributed by atoms with van der Waals surface area (Å²) >= 11 is 1.59. The van der Waals surface area contributed by atoms with Crippen LogP contribution in [-0.4, -0.2) is 42.5 Å². The van der Waals surface area contributed by atoms with Crippen molar-refractivity contribution in [3.05, 3.63) is 16.8 Å². The molecule has 94 valence electrons. The zero-order valence-electron chi connectivity index (χ0n) is 10.3. The summed E-state index contributed by atoms with van der Waals surface area (Å²) in [6, 6.07) is 1.93. The van der Waals surface area contributed by atoms with Gasteiger partial charge in [-0.15, -0.1) is 0 Å². The van der Waals surface area contributed by atoms with Gasteiger partial charge in [-0.05, 0) is 25.3 Å². The van der Waals surface area contributed by atoms with Crippen LogP contribution in [0.5, 0.6) is 0 Å². The zero-order chi connectivity index (χ0) is 12.3. The molecule has 0 spiro atoms. The Morgan fingerprint density at radius 2 is 2.18 bits per heavy atom. The predicted molar refractivity (Wildman–Crippen MR) is 71.5 cm³/mol. The van der Waals surface area contributed by atoms with Gasteiger partial charge >= 0.3 is 0 Å². The molecule has 0 aromatic carbocycles. The molecular formula is C12H19N3OS. The smallest absolute Gasteiger partial charge is 0.244 e. The third kappa shape index (κ3) is 2.86. The lowest BCUT2D eigenvalue weighted by atomic mass is 10.0. The molecule has 5 heteroatoms. The van der Waals surface area contributed by atoms with Gasteiger partial charge in [0.2, 0.25) is 5.91 Å². The molecule has 1 aliphatic heterocycles. The predicted octanol–water partition coefficient (Wildman–Crippen LogP) is 1.37. The number of piperazine rings is 1. The molecule has 1 aliphatic rings. The number of nitrogens with one attached hydrogen (secondary N) is 2. The maximum atomic E-state index is 12.3. The number of nitrogens with zero attached hydrogens (tertiary/aromatic N) is 1. The van der Waals surface area contributed by atoms with Gasteiger partial charge < -0.3 is 10.6 Å². The van der Waals surface area contributed by atoms with Crippen molar-refractivity contribution in [2.24, 2.45) is 0 Å². The Morgan fingerprint density at radius 1 is 1.47 bits per heavy atom. The van der Waals surface area contributed by atoms with E-state index in [1.54, 1.807) is 11.3 Å². The average Bonchev–Trinajstić information content (AvgIpc) is 2.83. The van der Waals surface area contributed by atoms with Crippen molar-refractivity contribution in [2.45, 2.75) is 19.4 Å². The van der Waals surface area contributed by atoms with Gasteiger partial charge in [-0.3, -0.25) is 9.69 Å². The van der Waals surface area contributed by atoms with Crippen LogP contribution in [0.25, 0.3) is 0 Å². The monoisotopic (exact) mass is 253 g/mol. The highest BCUT2D eigenvalue weighted by atomic mass is 32.1. The Kier molecular flexibility index (Phi) is 3.81. The van der Waals surface area contributed by atoms with Crippen LogP contribution in [0, 0.1) is 0 Å². The van der Waals surface area contributed by atoms with Crippen LogP contribution in [0.2, 0.25) is 0 Å². The van der Waals surface area contributed by atoms with Gasteiger partial charge in [0.25, 0.3) is 0 Å². The maximum Gasteiger partial charge on any atom is 0.244 e. The molecule has 17 heavy (non-hydrogen) atoms. The number of carbonyl (C=O) groups excluding carboxylic acids is 1. The van der Waals surface area contributed by atoms with E-state index in [-0.39, 0.29) is 5.91 Å². The summed E-state index contributed by atoms with van der Waals surface area (Å²) in [6.07, 6.45) is 0. The van der Waals surface area contributed by atoms with Crippen molar-refractivity contribution in [1.29, 1.82) is 0 Å². The molecular weight excluding hydrogens is 234 g/mol. The summed E-state index contributed by atoms with van der Waals surface area (Å²) in [5, 5.41) is 10.2. The fourth-order valence-corrected chi connectivity index (χ4v) is 2.57. The molecule has 0 saturated carbocycles. The summed E-state index contributed by atoms with van der Waals surface area (Å²) in [6.45, 7) is 7.72. The Morgan fingerprint density at radius 3 is 2.76 bits per heavy atom. The van der Waals surface area contributed by atoms with E-state index in [1.165, 1.54) is 0 Å². The molecule has 0 unspecified atom stereocenters. The Labute approximate surface area is 106 Å². The van der Waals surface area contributed by atoms with E-state index >= 15 is 0 Å². The van der Waals surface area contributed by atoms with E-state index < -0.39 is 5.54 Å². The van der Waals surface area contributed by atoms with E-state index in [4.69, 9.17) is 0 Å². The number of rotatable bonds is 3. The van der Waals surface area contributed by atoms with Crippen LogP contribution in [-0.2, 0) is 4.79 Å². The normalized spacial score (nSPS) is 18.0. The van der Waals surface area contributed by atoms with Crippen molar-refractivity contribution >= 4 is 22.9 Å². The molecule has 2 rings (SSSR count). The number of amides is 1. The summed E-state index contributed by atoms with van der Waals surface area (Å²) in [5.41, 5.74) is 0.438. The van der Waals surface area contributed by atoms with Gasteiger partial charge in [-0.1, -0.05) is 0 Å². The van der Waals surface area contributed by atoms with Crippen molar-refractivity contribution in [3.63, 3.8) is 0 Å². The van der Waals surface area contributed by atoms with E-state index in [1.807, 2.05) is 30.7 Å². The zero-order valence-corrected chi connectivity index (χ0v) is 11.1. The lowest BCUT2D eigenvalue weighted by Crippen LogP contribution is -2.58. The minimum atomic E-state index is -0.454. The molecule has 2 heterocycles. The number of anilines is 1. The fraction of sp³-hybridized carbons (Fsp3) is 0.583. The topological polar surface area (TPSA) is 44.4 Å². The molecule has 0 radical (unpaired) electrons. The van der Waals surface area contributed by atoms with Crippen molar-refractivity contribution in [1.82, 2.24) is 10.2 Å². The van der Waals surface area contributed by atoms with Gasteiger partial charge in [0.15, 0.2) is 0 Å². The largest absolute Gasteiger partial charge is 0.324 e. The lowest BCUT2D eigenvalue weighted by Gasteiger charge is -2.39. The molecule has 0 atom stereocenters. The molecule has 0 aliphatic carbocycles. The first-order valence-electron chi connectivity index (χ1n) is 5.90. The highest BCUT2D eigenvalue weighted by Crippen LogP contribution is 2.19. The molecule has 1 aromatic heterocycles. The Bertz CT molecular complexity index is 369.